The number of nitrogens with zero attached hydrogens (tertiary/aromatic N) is 3. The molecule has 0 aliphatic carbocycles. The molecule has 0 N–H and O–H groups in total. The van der Waals surface area contributed by atoms with E-state index in [1.165, 1.54) is 41.1 Å². The highest BCUT2D eigenvalue weighted by molar-refractivity contribution is 6.33. The largest absolute Gasteiger partial charge is 0.460 e. The van der Waals surface area contributed by atoms with Crippen LogP contribution in [0.3, 0.4) is 0 Å². The van der Waals surface area contributed by atoms with Gasteiger partial charge in [-0.05, 0) is 43.3 Å². The Kier molecular flexibility index (Phi) is 5.14. The SMILES string of the molecule is Cc1oc2cc(OC(=O)Cn3nnc4ccccc43)ccc2c(=O)c1-c1c(F)cccc1Cl. The van der Waals surface area contributed by atoms with Crippen LogP contribution in [0.1, 0.15) is 5.76 Å². The third-order valence-corrected chi connectivity index (χ3v) is 5.50. The van der Waals surface area contributed by atoms with Crippen LogP contribution in [0.15, 0.2) is 69.9 Å². The number of rotatable bonds is 4. The fraction of sp³-hybridized carbons (Fsp3) is 0.0833. The zero-order chi connectivity index (χ0) is 23.1. The summed E-state index contributed by atoms with van der Waals surface area (Å²) in [6.07, 6.45) is 0. The highest BCUT2D eigenvalue weighted by Crippen LogP contribution is 2.32. The molecule has 5 aromatic rings. The summed E-state index contributed by atoms with van der Waals surface area (Å²) in [5.74, 6) is -0.810. The molecule has 0 amide bonds. The molecule has 164 valence electrons. The van der Waals surface area contributed by atoms with Gasteiger partial charge in [-0.3, -0.25) is 4.79 Å². The Bertz CT molecular complexity index is 1590. The van der Waals surface area contributed by atoms with Crippen LogP contribution in [0.2, 0.25) is 5.02 Å². The van der Waals surface area contributed by atoms with Crippen LogP contribution in [0, 0.1) is 12.7 Å². The summed E-state index contributed by atoms with van der Waals surface area (Å²) in [5.41, 5.74) is 1.17. The minimum absolute atomic E-state index is 0.0112. The third kappa shape index (κ3) is 3.74. The van der Waals surface area contributed by atoms with Crippen molar-refractivity contribution in [2.24, 2.45) is 0 Å². The smallest absolute Gasteiger partial charge is 0.333 e. The molecule has 0 saturated heterocycles. The van der Waals surface area contributed by atoms with Gasteiger partial charge in [0.1, 0.15) is 35.0 Å². The number of aryl methyl sites for hydroxylation is 1. The van der Waals surface area contributed by atoms with Crippen molar-refractivity contribution < 1.29 is 18.3 Å². The summed E-state index contributed by atoms with van der Waals surface area (Å²) in [7, 11) is 0. The van der Waals surface area contributed by atoms with Crippen molar-refractivity contribution in [3.63, 3.8) is 0 Å². The Hall–Kier alpha value is -4.04. The Labute approximate surface area is 191 Å². The summed E-state index contributed by atoms with van der Waals surface area (Å²) in [4.78, 5) is 25.6. The van der Waals surface area contributed by atoms with Crippen molar-refractivity contribution in [3.05, 3.63) is 87.5 Å². The number of benzene rings is 3. The minimum atomic E-state index is -0.622. The molecule has 2 heterocycles. The zero-order valence-corrected chi connectivity index (χ0v) is 18.0. The molecule has 0 radical (unpaired) electrons. The molecule has 9 heteroatoms. The van der Waals surface area contributed by atoms with Crippen LogP contribution in [-0.2, 0) is 11.3 Å². The molecular formula is C24H15ClFN3O4. The quantitative estimate of drug-likeness (QED) is 0.278. The lowest BCUT2D eigenvalue weighted by Gasteiger charge is -2.10. The fourth-order valence-electron chi connectivity index (χ4n) is 3.70. The van der Waals surface area contributed by atoms with Crippen LogP contribution >= 0.6 is 11.6 Å². The van der Waals surface area contributed by atoms with Crippen molar-refractivity contribution in [1.82, 2.24) is 15.0 Å². The maximum Gasteiger partial charge on any atom is 0.333 e. The number of hydrogen-bond acceptors (Lipinski definition) is 6. The van der Waals surface area contributed by atoms with E-state index in [0.717, 1.165) is 0 Å². The summed E-state index contributed by atoms with van der Waals surface area (Å²) in [6.45, 7) is 1.40. The van der Waals surface area contributed by atoms with E-state index in [-0.39, 0.29) is 45.2 Å². The molecule has 0 saturated carbocycles. The average molecular weight is 464 g/mol. The number of aromatic nitrogens is 3. The van der Waals surface area contributed by atoms with Gasteiger partial charge in [-0.25, -0.2) is 13.9 Å². The molecule has 3 aromatic carbocycles. The summed E-state index contributed by atoms with van der Waals surface area (Å²) >= 11 is 6.15. The van der Waals surface area contributed by atoms with Gasteiger partial charge in [0.2, 0.25) is 5.43 Å². The van der Waals surface area contributed by atoms with Gasteiger partial charge < -0.3 is 9.15 Å². The molecule has 0 atom stereocenters. The molecular weight excluding hydrogens is 449 g/mol. The molecule has 0 unspecified atom stereocenters. The van der Waals surface area contributed by atoms with Gasteiger partial charge in [0.05, 0.1) is 21.5 Å². The van der Waals surface area contributed by atoms with E-state index in [4.69, 9.17) is 20.8 Å². The Morgan fingerprint density at radius 2 is 1.94 bits per heavy atom. The number of halogens is 2. The number of carbonyl (C=O) groups is 1. The van der Waals surface area contributed by atoms with Crippen LogP contribution in [0.4, 0.5) is 4.39 Å². The number of esters is 1. The number of fused-ring (bicyclic) bond motifs is 2. The fourth-order valence-corrected chi connectivity index (χ4v) is 3.95. The van der Waals surface area contributed by atoms with Crippen LogP contribution in [-0.4, -0.2) is 21.0 Å². The van der Waals surface area contributed by atoms with E-state index in [1.807, 2.05) is 12.1 Å². The van der Waals surface area contributed by atoms with Crippen LogP contribution < -0.4 is 10.2 Å². The molecule has 0 aliphatic rings. The topological polar surface area (TPSA) is 87.2 Å². The van der Waals surface area contributed by atoms with Gasteiger partial charge in [-0.2, -0.15) is 0 Å². The monoisotopic (exact) mass is 463 g/mol. The lowest BCUT2D eigenvalue weighted by atomic mass is 10.0. The van der Waals surface area contributed by atoms with Crippen LogP contribution in [0.5, 0.6) is 5.75 Å². The Morgan fingerprint density at radius 3 is 2.76 bits per heavy atom. The maximum atomic E-state index is 14.4. The van der Waals surface area contributed by atoms with E-state index >= 15 is 0 Å². The van der Waals surface area contributed by atoms with E-state index in [0.29, 0.717) is 11.0 Å². The van der Waals surface area contributed by atoms with Gasteiger partial charge in [-0.15, -0.1) is 5.10 Å². The third-order valence-electron chi connectivity index (χ3n) is 5.18. The number of carbonyl (C=O) groups excluding carboxylic acids is 1. The lowest BCUT2D eigenvalue weighted by molar-refractivity contribution is -0.135. The predicted molar refractivity (Wildman–Crippen MR) is 121 cm³/mol. The van der Waals surface area contributed by atoms with E-state index < -0.39 is 17.2 Å². The predicted octanol–water partition coefficient (Wildman–Crippen LogP) is 4.91. The van der Waals surface area contributed by atoms with E-state index in [9.17, 15) is 14.0 Å². The first-order chi connectivity index (χ1) is 15.9. The second kappa shape index (κ2) is 8.14. The van der Waals surface area contributed by atoms with E-state index in [2.05, 4.69) is 10.3 Å². The van der Waals surface area contributed by atoms with Crippen LogP contribution in [0.25, 0.3) is 33.1 Å². The van der Waals surface area contributed by atoms with Gasteiger partial charge >= 0.3 is 5.97 Å². The maximum absolute atomic E-state index is 14.4. The van der Waals surface area contributed by atoms with E-state index in [1.54, 1.807) is 19.1 Å². The number of hydrogen-bond donors (Lipinski definition) is 0. The van der Waals surface area contributed by atoms with Gasteiger partial charge in [-0.1, -0.05) is 35.0 Å². The van der Waals surface area contributed by atoms with Crippen molar-refractivity contribution in [2.75, 3.05) is 0 Å². The highest BCUT2D eigenvalue weighted by Gasteiger charge is 2.20. The molecule has 0 aliphatic heterocycles. The highest BCUT2D eigenvalue weighted by atomic mass is 35.5. The number of para-hydroxylation sites is 1. The second-order valence-corrected chi connectivity index (χ2v) is 7.73. The molecule has 0 spiro atoms. The molecule has 0 bridgehead atoms. The van der Waals surface area contributed by atoms with Gasteiger partial charge in [0.15, 0.2) is 0 Å². The van der Waals surface area contributed by atoms with Crippen molar-refractivity contribution >= 4 is 39.6 Å². The molecule has 33 heavy (non-hydrogen) atoms. The first-order valence-electron chi connectivity index (χ1n) is 9.93. The Morgan fingerprint density at radius 1 is 1.12 bits per heavy atom. The number of ether oxygens (including phenoxy) is 1. The van der Waals surface area contributed by atoms with Gasteiger partial charge in [0.25, 0.3) is 0 Å². The lowest BCUT2D eigenvalue weighted by Crippen LogP contribution is -2.17. The minimum Gasteiger partial charge on any atom is -0.460 e. The van der Waals surface area contributed by atoms with Crippen molar-refractivity contribution in [1.29, 1.82) is 0 Å². The normalized spacial score (nSPS) is 11.2. The standard InChI is InChI=1S/C24H15ClFN3O4/c1-13-22(23-16(25)5-4-6-17(23)26)24(31)15-10-9-14(11-20(15)32-13)33-21(30)12-29-19-8-3-2-7-18(19)27-28-29/h2-11H,12H2,1H3. The Balaban J connectivity index is 1.46. The molecule has 2 aromatic heterocycles. The molecule has 5 rings (SSSR count). The molecule has 7 nitrogen and oxygen atoms in total. The first-order valence-corrected chi connectivity index (χ1v) is 10.3. The summed E-state index contributed by atoms with van der Waals surface area (Å²) in [6, 6.07) is 15.8. The van der Waals surface area contributed by atoms with Crippen molar-refractivity contribution in [3.8, 4) is 16.9 Å². The molecule has 0 fully saturated rings. The average Bonchev–Trinajstić information content (AvgIpc) is 3.18. The summed E-state index contributed by atoms with van der Waals surface area (Å²) < 4.78 is 27.0. The second-order valence-electron chi connectivity index (χ2n) is 7.33. The van der Waals surface area contributed by atoms with Gasteiger partial charge in [0, 0.05) is 11.6 Å². The van der Waals surface area contributed by atoms with Crippen molar-refractivity contribution in [2.45, 2.75) is 13.5 Å². The zero-order valence-electron chi connectivity index (χ0n) is 17.2. The first kappa shape index (κ1) is 20.8. The summed E-state index contributed by atoms with van der Waals surface area (Å²) in [5, 5.41) is 8.28.